The van der Waals surface area contributed by atoms with Gasteiger partial charge in [-0.3, -0.25) is 0 Å². The van der Waals surface area contributed by atoms with Crippen LogP contribution in [0.25, 0.3) is 49.2 Å². The highest BCUT2D eigenvalue weighted by Crippen LogP contribution is 2.57. The first-order valence-corrected chi connectivity index (χ1v) is 19.2. The predicted molar refractivity (Wildman–Crippen MR) is 228 cm³/mol. The average Bonchev–Trinajstić information content (AvgIpc) is 3.85. The third-order valence-electron chi connectivity index (χ3n) is 11.9. The lowest BCUT2D eigenvalue weighted by molar-refractivity contribution is 0.509. The molecule has 1 aliphatic rings. The van der Waals surface area contributed by atoms with E-state index in [0.717, 1.165) is 83.6 Å². The van der Waals surface area contributed by atoms with Gasteiger partial charge in [0, 0.05) is 73.1 Å². The van der Waals surface area contributed by atoms with Gasteiger partial charge in [-0.25, -0.2) is 17.6 Å². The fourth-order valence-electron chi connectivity index (χ4n) is 9.46. The number of fused-ring (bicyclic) bond motifs is 10. The summed E-state index contributed by atoms with van der Waals surface area (Å²) < 4.78 is 60.8. The Bertz CT molecular complexity index is 3260. The van der Waals surface area contributed by atoms with Crippen molar-refractivity contribution in [2.24, 2.45) is 0 Å². The summed E-state index contributed by atoms with van der Waals surface area (Å²) in [6.07, 6.45) is 0. The zero-order valence-electron chi connectivity index (χ0n) is 31.4. The number of benzene rings is 8. The van der Waals surface area contributed by atoms with Crippen LogP contribution in [0, 0.1) is 23.3 Å². The molecule has 1 aliphatic carbocycles. The van der Waals surface area contributed by atoms with Crippen LogP contribution in [0.4, 0.5) is 51.7 Å². The zero-order chi connectivity index (χ0) is 39.4. The van der Waals surface area contributed by atoms with E-state index >= 15 is 4.39 Å². The van der Waals surface area contributed by atoms with Crippen LogP contribution in [0.1, 0.15) is 25.0 Å². The summed E-state index contributed by atoms with van der Waals surface area (Å²) in [5.41, 5.74) is 10.4. The number of aromatic nitrogens is 1. The first-order valence-electron chi connectivity index (χ1n) is 19.2. The molecule has 10 aromatic rings. The largest absolute Gasteiger partial charge is 0.310 e. The van der Waals surface area contributed by atoms with Crippen LogP contribution in [0.15, 0.2) is 164 Å². The van der Waals surface area contributed by atoms with Crippen molar-refractivity contribution in [2.75, 3.05) is 9.80 Å². The monoisotopic (exact) mass is 763 g/mol. The SMILES string of the molecule is CC1(C)c2cc(N(c3ccccc3)c3ccc(F)c(F)c3)ccc2-c2c1c1cccc3c4c5ccccc5c(N(c5ccccc5)c5ccc(F)c(F)c5)cc4n2c13. The molecular formula is C51H33F4N3. The minimum Gasteiger partial charge on any atom is -0.310 e. The van der Waals surface area contributed by atoms with Crippen LogP contribution in [0.2, 0.25) is 0 Å². The molecule has 11 rings (SSSR count). The predicted octanol–water partition coefficient (Wildman–Crippen LogP) is 14.6. The Labute approximate surface area is 331 Å². The minimum atomic E-state index is -0.921. The number of hydrogen-bond acceptors (Lipinski definition) is 2. The highest BCUT2D eigenvalue weighted by atomic mass is 19.2. The molecule has 0 bridgehead atoms. The van der Waals surface area contributed by atoms with E-state index in [1.807, 2.05) is 88.7 Å². The molecule has 0 aliphatic heterocycles. The molecule has 7 heteroatoms. The molecule has 0 amide bonds. The first-order chi connectivity index (χ1) is 28.2. The lowest BCUT2D eigenvalue weighted by atomic mass is 9.81. The highest BCUT2D eigenvalue weighted by molar-refractivity contribution is 6.28. The summed E-state index contributed by atoms with van der Waals surface area (Å²) in [5, 5.41) is 5.40. The molecule has 0 atom stereocenters. The van der Waals surface area contributed by atoms with Gasteiger partial charge in [-0.2, -0.15) is 0 Å². The lowest BCUT2D eigenvalue weighted by Gasteiger charge is -2.28. The van der Waals surface area contributed by atoms with Gasteiger partial charge in [0.15, 0.2) is 23.3 Å². The van der Waals surface area contributed by atoms with Crippen molar-refractivity contribution < 1.29 is 17.6 Å². The summed E-state index contributed by atoms with van der Waals surface area (Å²) in [6, 6.07) is 50.8. The summed E-state index contributed by atoms with van der Waals surface area (Å²) >= 11 is 0. The molecule has 0 N–H and O–H groups in total. The molecule has 0 fully saturated rings. The van der Waals surface area contributed by atoms with E-state index in [0.29, 0.717) is 11.4 Å². The quantitative estimate of drug-likeness (QED) is 0.156. The van der Waals surface area contributed by atoms with E-state index in [1.165, 1.54) is 23.8 Å². The number of hydrogen-bond donors (Lipinski definition) is 0. The van der Waals surface area contributed by atoms with Gasteiger partial charge in [0.25, 0.3) is 0 Å². The first kappa shape index (κ1) is 34.2. The number of anilines is 6. The molecule has 2 aromatic heterocycles. The van der Waals surface area contributed by atoms with Crippen LogP contribution in [-0.2, 0) is 5.41 Å². The number of nitrogens with zero attached hydrogens (tertiary/aromatic N) is 3. The van der Waals surface area contributed by atoms with Crippen molar-refractivity contribution in [3.63, 3.8) is 0 Å². The summed E-state index contributed by atoms with van der Waals surface area (Å²) in [7, 11) is 0. The van der Waals surface area contributed by atoms with Gasteiger partial charge < -0.3 is 14.2 Å². The maximum Gasteiger partial charge on any atom is 0.160 e. The van der Waals surface area contributed by atoms with E-state index in [9.17, 15) is 13.2 Å². The van der Waals surface area contributed by atoms with Crippen molar-refractivity contribution in [3.05, 3.63) is 198 Å². The van der Waals surface area contributed by atoms with E-state index in [4.69, 9.17) is 0 Å². The Kier molecular flexibility index (Phi) is 7.33. The summed E-state index contributed by atoms with van der Waals surface area (Å²) in [4.78, 5) is 3.95. The highest BCUT2D eigenvalue weighted by Gasteiger charge is 2.42. The Morgan fingerprint density at radius 2 is 0.983 bits per heavy atom. The van der Waals surface area contributed by atoms with Crippen LogP contribution in [0.5, 0.6) is 0 Å². The van der Waals surface area contributed by atoms with Gasteiger partial charge >= 0.3 is 0 Å². The van der Waals surface area contributed by atoms with Crippen molar-refractivity contribution in [1.82, 2.24) is 4.40 Å². The topological polar surface area (TPSA) is 10.9 Å². The van der Waals surface area contributed by atoms with Crippen molar-refractivity contribution in [3.8, 4) is 11.3 Å². The fraction of sp³-hybridized carbons (Fsp3) is 0.0588. The van der Waals surface area contributed by atoms with E-state index in [2.05, 4.69) is 66.8 Å². The van der Waals surface area contributed by atoms with Gasteiger partial charge in [0.2, 0.25) is 0 Å². The average molecular weight is 764 g/mol. The molecule has 280 valence electrons. The fourth-order valence-corrected chi connectivity index (χ4v) is 9.46. The second-order valence-electron chi connectivity index (χ2n) is 15.5. The third-order valence-corrected chi connectivity index (χ3v) is 11.9. The molecular weight excluding hydrogens is 731 g/mol. The van der Waals surface area contributed by atoms with Crippen molar-refractivity contribution in [2.45, 2.75) is 19.3 Å². The molecule has 0 radical (unpaired) electrons. The second-order valence-corrected chi connectivity index (χ2v) is 15.5. The molecule has 2 heterocycles. The number of para-hydroxylation sites is 3. The van der Waals surface area contributed by atoms with E-state index in [-0.39, 0.29) is 0 Å². The molecule has 0 spiro atoms. The van der Waals surface area contributed by atoms with Gasteiger partial charge in [0.1, 0.15) is 0 Å². The second kappa shape index (κ2) is 12.4. The van der Waals surface area contributed by atoms with Crippen LogP contribution in [0.3, 0.4) is 0 Å². The van der Waals surface area contributed by atoms with E-state index < -0.39 is 28.7 Å². The standard InChI is InChI=1S/C51H33F4N3/c1-51(2)40-26-32(56(30-12-5-3-6-13-30)33-21-24-41(52)43(54)27-33)20-23-37(40)50-48(51)39-19-11-18-38-47-36-17-10-9-16-35(36)45(29-46(47)58(50)49(38)39)57(31-14-7-4-8-15-31)34-22-25-42(53)44(55)28-34/h3-29H,1-2H3. The van der Waals surface area contributed by atoms with Gasteiger partial charge in [-0.15, -0.1) is 0 Å². The smallest absolute Gasteiger partial charge is 0.160 e. The molecule has 0 saturated heterocycles. The van der Waals surface area contributed by atoms with Crippen LogP contribution >= 0.6 is 0 Å². The molecule has 58 heavy (non-hydrogen) atoms. The zero-order valence-corrected chi connectivity index (χ0v) is 31.4. The normalized spacial score (nSPS) is 13.1. The molecule has 8 aromatic carbocycles. The van der Waals surface area contributed by atoms with Crippen LogP contribution in [-0.4, -0.2) is 4.40 Å². The maximum absolute atomic E-state index is 15.0. The van der Waals surface area contributed by atoms with Gasteiger partial charge in [-0.05, 0) is 83.2 Å². The van der Waals surface area contributed by atoms with E-state index in [1.54, 1.807) is 12.1 Å². The Balaban J connectivity index is 1.20. The molecule has 0 unspecified atom stereocenters. The lowest BCUT2D eigenvalue weighted by Crippen LogP contribution is -2.16. The minimum absolute atomic E-state index is 0.446. The summed E-state index contributed by atoms with van der Waals surface area (Å²) in [6.45, 7) is 4.49. The number of rotatable bonds is 6. The van der Waals surface area contributed by atoms with Crippen LogP contribution < -0.4 is 9.80 Å². The Morgan fingerprint density at radius 3 is 1.64 bits per heavy atom. The Morgan fingerprint density at radius 1 is 0.448 bits per heavy atom. The van der Waals surface area contributed by atoms with Crippen molar-refractivity contribution in [1.29, 1.82) is 0 Å². The number of halogens is 4. The molecule has 0 saturated carbocycles. The van der Waals surface area contributed by atoms with Gasteiger partial charge in [0.05, 0.1) is 22.4 Å². The Hall–Kier alpha value is -7.12. The van der Waals surface area contributed by atoms with Gasteiger partial charge in [-0.1, -0.05) is 98.8 Å². The maximum atomic E-state index is 15.0. The summed E-state index contributed by atoms with van der Waals surface area (Å²) in [5.74, 6) is -3.64. The van der Waals surface area contributed by atoms with Crippen molar-refractivity contribution >= 4 is 72.1 Å². The third kappa shape index (κ3) is 4.79. The molecule has 3 nitrogen and oxygen atoms in total.